The van der Waals surface area contributed by atoms with Crippen molar-refractivity contribution in [1.29, 1.82) is 0 Å². The van der Waals surface area contributed by atoms with Crippen molar-refractivity contribution < 1.29 is 9.18 Å². The maximum Gasteiger partial charge on any atom is 0.317 e. The third-order valence-corrected chi connectivity index (χ3v) is 5.71. The molecular formula is C20H30FN3O. The second kappa shape index (κ2) is 8.17. The number of amides is 2. The van der Waals surface area contributed by atoms with E-state index in [0.29, 0.717) is 13.0 Å². The number of urea groups is 1. The van der Waals surface area contributed by atoms with Gasteiger partial charge in [-0.05, 0) is 56.7 Å². The number of carbonyl (C=O) groups is 1. The van der Waals surface area contributed by atoms with Gasteiger partial charge in [-0.1, -0.05) is 30.3 Å². The average Bonchev–Trinajstić information content (AvgIpc) is 3.02. The SMILES string of the molecule is CC(F)CCNC(=O)N1CCC2(CCN(Cc3ccccc3)CC2)C1. The van der Waals surface area contributed by atoms with Crippen molar-refractivity contribution in [2.45, 2.75) is 45.3 Å². The summed E-state index contributed by atoms with van der Waals surface area (Å²) in [6, 6.07) is 10.6. The minimum absolute atomic E-state index is 0.0239. The second-order valence-corrected chi connectivity index (χ2v) is 7.73. The lowest BCUT2D eigenvalue weighted by Gasteiger charge is -2.39. The highest BCUT2D eigenvalue weighted by Gasteiger charge is 2.41. The third kappa shape index (κ3) is 4.94. The Balaban J connectivity index is 1.43. The molecule has 2 fully saturated rings. The molecule has 138 valence electrons. The first-order valence-electron chi connectivity index (χ1n) is 9.49. The minimum Gasteiger partial charge on any atom is -0.338 e. The Hall–Kier alpha value is -1.62. The molecule has 4 nitrogen and oxygen atoms in total. The lowest BCUT2D eigenvalue weighted by molar-refractivity contribution is 0.105. The Morgan fingerprint density at radius 3 is 2.56 bits per heavy atom. The summed E-state index contributed by atoms with van der Waals surface area (Å²) in [4.78, 5) is 16.7. The molecule has 1 unspecified atom stereocenters. The van der Waals surface area contributed by atoms with Gasteiger partial charge in [0, 0.05) is 26.2 Å². The fourth-order valence-corrected chi connectivity index (χ4v) is 4.03. The molecule has 3 rings (SSSR count). The van der Waals surface area contributed by atoms with Crippen LogP contribution < -0.4 is 5.32 Å². The number of likely N-dealkylation sites (tertiary alicyclic amines) is 2. The van der Waals surface area contributed by atoms with Gasteiger partial charge in [0.25, 0.3) is 0 Å². The zero-order valence-electron chi connectivity index (χ0n) is 15.2. The van der Waals surface area contributed by atoms with Crippen LogP contribution in [0.2, 0.25) is 0 Å². The van der Waals surface area contributed by atoms with E-state index in [0.717, 1.165) is 52.0 Å². The Labute approximate surface area is 150 Å². The zero-order valence-corrected chi connectivity index (χ0v) is 15.2. The first-order valence-corrected chi connectivity index (χ1v) is 9.49. The normalized spacial score (nSPS) is 21.4. The van der Waals surface area contributed by atoms with Crippen LogP contribution in [0.15, 0.2) is 30.3 Å². The molecular weight excluding hydrogens is 317 g/mol. The highest BCUT2D eigenvalue weighted by molar-refractivity contribution is 5.74. The first kappa shape index (κ1) is 18.2. The molecule has 25 heavy (non-hydrogen) atoms. The van der Waals surface area contributed by atoms with E-state index < -0.39 is 6.17 Å². The van der Waals surface area contributed by atoms with Gasteiger partial charge in [0.2, 0.25) is 0 Å². The first-order chi connectivity index (χ1) is 12.1. The molecule has 0 aliphatic carbocycles. The summed E-state index contributed by atoms with van der Waals surface area (Å²) >= 11 is 0. The van der Waals surface area contributed by atoms with Crippen LogP contribution >= 0.6 is 0 Å². The van der Waals surface area contributed by atoms with Crippen molar-refractivity contribution in [2.75, 3.05) is 32.7 Å². The highest BCUT2D eigenvalue weighted by atomic mass is 19.1. The summed E-state index contributed by atoms with van der Waals surface area (Å²) < 4.78 is 12.8. The van der Waals surface area contributed by atoms with E-state index in [1.165, 1.54) is 12.5 Å². The van der Waals surface area contributed by atoms with Crippen molar-refractivity contribution in [1.82, 2.24) is 15.1 Å². The number of carbonyl (C=O) groups excluding carboxylic acids is 1. The lowest BCUT2D eigenvalue weighted by atomic mass is 9.77. The molecule has 2 heterocycles. The quantitative estimate of drug-likeness (QED) is 0.886. The van der Waals surface area contributed by atoms with E-state index in [1.807, 2.05) is 4.90 Å². The predicted molar refractivity (Wildman–Crippen MR) is 98.2 cm³/mol. The molecule has 2 aliphatic rings. The van der Waals surface area contributed by atoms with E-state index in [-0.39, 0.29) is 11.4 Å². The Morgan fingerprint density at radius 1 is 1.20 bits per heavy atom. The summed E-state index contributed by atoms with van der Waals surface area (Å²) in [5, 5.41) is 2.86. The minimum atomic E-state index is -0.862. The van der Waals surface area contributed by atoms with Crippen molar-refractivity contribution in [3.63, 3.8) is 0 Å². The lowest BCUT2D eigenvalue weighted by Crippen LogP contribution is -2.44. The average molecular weight is 347 g/mol. The van der Waals surface area contributed by atoms with Crippen LogP contribution in [-0.4, -0.2) is 54.7 Å². The van der Waals surface area contributed by atoms with Gasteiger partial charge >= 0.3 is 6.03 Å². The smallest absolute Gasteiger partial charge is 0.317 e. The largest absolute Gasteiger partial charge is 0.338 e. The second-order valence-electron chi connectivity index (χ2n) is 7.73. The molecule has 1 N–H and O–H groups in total. The fraction of sp³-hybridized carbons (Fsp3) is 0.650. The third-order valence-electron chi connectivity index (χ3n) is 5.71. The molecule has 0 bridgehead atoms. The van der Waals surface area contributed by atoms with Crippen LogP contribution in [0, 0.1) is 5.41 Å². The number of hydrogen-bond donors (Lipinski definition) is 1. The summed E-state index contributed by atoms with van der Waals surface area (Å²) in [5.74, 6) is 0. The number of rotatable bonds is 5. The Kier molecular flexibility index (Phi) is 5.94. The predicted octanol–water partition coefficient (Wildman–Crippen LogP) is 3.43. The number of alkyl halides is 1. The van der Waals surface area contributed by atoms with E-state index in [1.54, 1.807) is 0 Å². The highest BCUT2D eigenvalue weighted by Crippen LogP contribution is 2.40. The van der Waals surface area contributed by atoms with Crippen LogP contribution in [0.4, 0.5) is 9.18 Å². The Morgan fingerprint density at radius 2 is 1.88 bits per heavy atom. The maximum absolute atomic E-state index is 12.8. The van der Waals surface area contributed by atoms with Gasteiger partial charge in [0.15, 0.2) is 0 Å². The Bertz CT molecular complexity index is 555. The van der Waals surface area contributed by atoms with Crippen molar-refractivity contribution >= 4 is 6.03 Å². The molecule has 1 aromatic rings. The van der Waals surface area contributed by atoms with Crippen molar-refractivity contribution in [3.05, 3.63) is 35.9 Å². The molecule has 2 amide bonds. The molecule has 2 saturated heterocycles. The van der Waals surface area contributed by atoms with Crippen LogP contribution in [-0.2, 0) is 6.54 Å². The number of halogens is 1. The number of piperidine rings is 1. The standard InChI is InChI=1S/C20H30FN3O/c1-17(21)7-11-22-19(25)24-14-10-20(16-24)8-12-23(13-9-20)15-18-5-3-2-4-6-18/h2-6,17H,7-16H2,1H3,(H,22,25). The fourth-order valence-electron chi connectivity index (χ4n) is 4.03. The molecule has 5 heteroatoms. The molecule has 2 aliphatic heterocycles. The molecule has 0 aromatic heterocycles. The van der Waals surface area contributed by atoms with E-state index in [4.69, 9.17) is 0 Å². The number of benzene rings is 1. The monoisotopic (exact) mass is 347 g/mol. The van der Waals surface area contributed by atoms with Gasteiger partial charge in [-0.15, -0.1) is 0 Å². The topological polar surface area (TPSA) is 35.6 Å². The van der Waals surface area contributed by atoms with Crippen molar-refractivity contribution in [2.24, 2.45) is 5.41 Å². The van der Waals surface area contributed by atoms with Crippen LogP contribution in [0.3, 0.4) is 0 Å². The summed E-state index contributed by atoms with van der Waals surface area (Å²) in [5.41, 5.74) is 1.66. The number of nitrogens with one attached hydrogen (secondary N) is 1. The van der Waals surface area contributed by atoms with Crippen LogP contribution in [0.1, 0.15) is 38.2 Å². The molecule has 0 saturated carbocycles. The number of hydrogen-bond acceptors (Lipinski definition) is 2. The molecule has 1 aromatic carbocycles. The zero-order chi connectivity index (χ0) is 17.7. The van der Waals surface area contributed by atoms with Crippen LogP contribution in [0.5, 0.6) is 0 Å². The van der Waals surface area contributed by atoms with E-state index in [2.05, 4.69) is 40.5 Å². The van der Waals surface area contributed by atoms with Gasteiger partial charge in [0.1, 0.15) is 0 Å². The van der Waals surface area contributed by atoms with E-state index in [9.17, 15) is 9.18 Å². The molecule has 1 spiro atoms. The van der Waals surface area contributed by atoms with Crippen LogP contribution in [0.25, 0.3) is 0 Å². The maximum atomic E-state index is 12.8. The van der Waals surface area contributed by atoms with E-state index >= 15 is 0 Å². The van der Waals surface area contributed by atoms with Gasteiger partial charge in [-0.3, -0.25) is 4.90 Å². The van der Waals surface area contributed by atoms with Crippen molar-refractivity contribution in [3.8, 4) is 0 Å². The summed E-state index contributed by atoms with van der Waals surface area (Å²) in [6.45, 7) is 6.85. The summed E-state index contributed by atoms with van der Waals surface area (Å²) in [7, 11) is 0. The van der Waals surface area contributed by atoms with Gasteiger partial charge in [-0.25, -0.2) is 9.18 Å². The van der Waals surface area contributed by atoms with Gasteiger partial charge < -0.3 is 10.2 Å². The molecule has 0 radical (unpaired) electrons. The van der Waals surface area contributed by atoms with Gasteiger partial charge in [-0.2, -0.15) is 0 Å². The van der Waals surface area contributed by atoms with Gasteiger partial charge in [0.05, 0.1) is 6.17 Å². The number of nitrogens with zero attached hydrogens (tertiary/aromatic N) is 2. The summed E-state index contributed by atoms with van der Waals surface area (Å²) in [6.07, 6.45) is 2.94. The molecule has 1 atom stereocenters.